The Hall–Kier alpha value is -4.57. The molecule has 0 aliphatic rings. The van der Waals surface area contributed by atoms with Crippen molar-refractivity contribution in [2.45, 2.75) is 373 Å². The third kappa shape index (κ3) is 84.2. The highest BCUT2D eigenvalue weighted by Gasteiger charge is 2.29. The summed E-state index contributed by atoms with van der Waals surface area (Å²) < 4.78 is 61.3. The standard InChI is InChI=1S/C91H156O16P2/c1-4-7-10-13-16-19-22-25-28-30-32-34-36-38-39-40-41-42-43-44-45-47-49-50-52-54-57-59-62-65-68-71-74-77-89(94)101-80-86(92)81-103-108(97,98)104-82-87(93)83-105-109(99,100)106-85-88(107-91(96)79-76-73-70-67-64-61-56-27-24-21-18-15-12-9-6-3)84-102-90(95)78-75-72-69-66-63-60-58-55-53-51-48-46-37-35-33-31-29-26-23-20-17-14-11-8-5-2/h8-9,11-12,16-21,25-29,32-35,38-39,46,48,56,86-88,92-93H,4-7,10,13-15,22-24,30-31,36-37,40-45,47,49-55,57-85H2,1-3H3,(H,97,98)(H,99,100)/b11-8-,12-9-,19-16-,20-17-,21-18-,28-25-,29-26-,34-32-,35-33-,39-38-,48-46-,56-27-. The van der Waals surface area contributed by atoms with Gasteiger partial charge in [-0.2, -0.15) is 0 Å². The molecular formula is C91H156O16P2. The minimum Gasteiger partial charge on any atom is -0.463 e. The zero-order valence-corrected chi connectivity index (χ0v) is 70.5. The van der Waals surface area contributed by atoms with Crippen molar-refractivity contribution >= 4 is 33.6 Å². The lowest BCUT2D eigenvalue weighted by Gasteiger charge is -2.21. The number of esters is 3. The van der Waals surface area contributed by atoms with Crippen LogP contribution in [0.5, 0.6) is 0 Å². The number of allylic oxidation sites excluding steroid dienone is 24. The van der Waals surface area contributed by atoms with Crippen molar-refractivity contribution in [1.82, 2.24) is 0 Å². The molecule has 0 amide bonds. The smallest absolute Gasteiger partial charge is 0.463 e. The van der Waals surface area contributed by atoms with Crippen molar-refractivity contribution < 1.29 is 75.8 Å². The van der Waals surface area contributed by atoms with E-state index < -0.39 is 91.5 Å². The van der Waals surface area contributed by atoms with Crippen molar-refractivity contribution in [3.63, 3.8) is 0 Å². The molecule has 0 fully saturated rings. The van der Waals surface area contributed by atoms with Gasteiger partial charge >= 0.3 is 33.6 Å². The minimum absolute atomic E-state index is 0.0806. The normalized spacial score (nSPS) is 14.6. The van der Waals surface area contributed by atoms with Crippen LogP contribution in [-0.4, -0.2) is 95.9 Å². The van der Waals surface area contributed by atoms with E-state index in [1.54, 1.807) is 0 Å². The molecule has 4 N–H and O–H groups in total. The lowest BCUT2D eigenvalue weighted by Crippen LogP contribution is -2.30. The van der Waals surface area contributed by atoms with Crippen LogP contribution in [0.4, 0.5) is 0 Å². The third-order valence-electron chi connectivity index (χ3n) is 18.0. The lowest BCUT2D eigenvalue weighted by atomic mass is 10.0. The molecule has 5 unspecified atom stereocenters. The maximum absolute atomic E-state index is 13.0. The van der Waals surface area contributed by atoms with Gasteiger partial charge in [0, 0.05) is 19.3 Å². The van der Waals surface area contributed by atoms with Gasteiger partial charge in [-0.3, -0.25) is 32.5 Å². The fraction of sp³-hybridized carbons (Fsp3) is 0.703. The second-order valence-corrected chi connectivity index (χ2v) is 31.5. The van der Waals surface area contributed by atoms with Crippen LogP contribution in [-0.2, 0) is 55.8 Å². The Morgan fingerprint density at radius 2 is 0.486 bits per heavy atom. The van der Waals surface area contributed by atoms with E-state index in [4.69, 9.17) is 32.3 Å². The quantitative estimate of drug-likeness (QED) is 0.0146. The monoisotopic (exact) mass is 1570 g/mol. The number of aliphatic hydroxyl groups excluding tert-OH is 2. The summed E-state index contributed by atoms with van der Waals surface area (Å²) >= 11 is 0. The van der Waals surface area contributed by atoms with Gasteiger partial charge in [0.2, 0.25) is 0 Å². The number of rotatable bonds is 81. The molecule has 0 saturated heterocycles. The number of hydrogen-bond acceptors (Lipinski definition) is 14. The Labute approximate surface area is 664 Å². The van der Waals surface area contributed by atoms with Gasteiger partial charge in [0.05, 0.1) is 26.4 Å². The molecule has 5 atom stereocenters. The highest BCUT2D eigenvalue weighted by molar-refractivity contribution is 7.47. The van der Waals surface area contributed by atoms with E-state index in [1.807, 2.05) is 0 Å². The Kier molecular flexibility index (Phi) is 79.4. The van der Waals surface area contributed by atoms with Gasteiger partial charge in [0.25, 0.3) is 0 Å². The number of unbranched alkanes of at least 4 members (excludes halogenated alkanes) is 34. The molecule has 0 aromatic carbocycles. The average Bonchev–Trinajstić information content (AvgIpc) is 0.904. The molecule has 16 nitrogen and oxygen atoms in total. The largest absolute Gasteiger partial charge is 0.472 e. The molecule has 0 aliphatic carbocycles. The van der Waals surface area contributed by atoms with E-state index in [2.05, 4.69) is 167 Å². The SMILES string of the molecule is CC/C=C\C/C=C\C/C=C\C/C=C\C/C=C\CCCCCCCCCCCC(=O)OCC(COP(=O)(O)OCC(O)COP(=O)(O)OCC(O)COC(=O)CCCCCCCCCCCCCCCCCCC/C=C\C/C=C\C/C=C\C/C=C\CCCCC)OC(=O)CCCCCCC/C=C\C/C=C\C/C=C\CC. The van der Waals surface area contributed by atoms with Crippen LogP contribution in [0.25, 0.3) is 0 Å². The molecule has 18 heteroatoms. The van der Waals surface area contributed by atoms with Gasteiger partial charge < -0.3 is 34.2 Å². The number of carbonyl (C=O) groups is 3. The van der Waals surface area contributed by atoms with Gasteiger partial charge in [0.15, 0.2) is 6.10 Å². The van der Waals surface area contributed by atoms with Crippen molar-refractivity contribution in [2.24, 2.45) is 0 Å². The third-order valence-corrected chi connectivity index (χ3v) is 19.9. The summed E-state index contributed by atoms with van der Waals surface area (Å²) in [6.07, 6.45) is 103. The summed E-state index contributed by atoms with van der Waals surface area (Å²) in [5.41, 5.74) is 0. The van der Waals surface area contributed by atoms with Gasteiger partial charge in [-0.15, -0.1) is 0 Å². The van der Waals surface area contributed by atoms with Gasteiger partial charge in [-0.05, 0) is 141 Å². The molecule has 0 heterocycles. The van der Waals surface area contributed by atoms with Crippen LogP contribution in [0.3, 0.4) is 0 Å². The molecule has 0 aromatic rings. The first-order valence-electron chi connectivity index (χ1n) is 43.1. The highest BCUT2D eigenvalue weighted by Crippen LogP contribution is 2.45. The summed E-state index contributed by atoms with van der Waals surface area (Å²) in [7, 11) is -9.81. The van der Waals surface area contributed by atoms with E-state index in [-0.39, 0.29) is 19.3 Å². The predicted molar refractivity (Wildman–Crippen MR) is 454 cm³/mol. The Balaban J connectivity index is 4.47. The summed E-state index contributed by atoms with van der Waals surface area (Å²) in [5.74, 6) is -1.60. The second kappa shape index (κ2) is 82.9. The molecule has 0 radical (unpaired) electrons. The molecule has 0 rings (SSSR count). The van der Waals surface area contributed by atoms with Crippen molar-refractivity contribution in [3.05, 3.63) is 146 Å². The Morgan fingerprint density at radius 1 is 0.266 bits per heavy atom. The Bertz CT molecular complexity index is 2560. The van der Waals surface area contributed by atoms with Gasteiger partial charge in [0.1, 0.15) is 25.4 Å². The van der Waals surface area contributed by atoms with Crippen LogP contribution in [0, 0.1) is 0 Å². The fourth-order valence-corrected chi connectivity index (χ4v) is 13.1. The first-order chi connectivity index (χ1) is 53.2. The Morgan fingerprint density at radius 3 is 0.771 bits per heavy atom. The number of aliphatic hydroxyl groups is 2. The average molecular weight is 1570 g/mol. The lowest BCUT2D eigenvalue weighted by molar-refractivity contribution is -0.161. The van der Waals surface area contributed by atoms with E-state index in [1.165, 1.54) is 141 Å². The van der Waals surface area contributed by atoms with Crippen LogP contribution in [0.1, 0.15) is 355 Å². The van der Waals surface area contributed by atoms with Gasteiger partial charge in [-0.1, -0.05) is 340 Å². The number of phosphoric ester groups is 2. The predicted octanol–water partition coefficient (Wildman–Crippen LogP) is 26.0. The molecule has 0 bridgehead atoms. The van der Waals surface area contributed by atoms with E-state index in [9.17, 15) is 43.5 Å². The van der Waals surface area contributed by atoms with E-state index >= 15 is 0 Å². The van der Waals surface area contributed by atoms with Crippen LogP contribution in [0.15, 0.2) is 146 Å². The molecule has 0 saturated carbocycles. The summed E-state index contributed by atoms with van der Waals surface area (Å²) in [6.45, 7) is 2.43. The zero-order valence-electron chi connectivity index (χ0n) is 68.7. The van der Waals surface area contributed by atoms with Crippen LogP contribution in [0.2, 0.25) is 0 Å². The summed E-state index contributed by atoms with van der Waals surface area (Å²) in [4.78, 5) is 58.8. The molecule has 0 spiro atoms. The maximum Gasteiger partial charge on any atom is 0.472 e. The fourth-order valence-electron chi connectivity index (χ4n) is 11.5. The first kappa shape index (κ1) is 104. The molecule has 0 aliphatic heterocycles. The number of ether oxygens (including phenoxy) is 3. The maximum atomic E-state index is 13.0. The molecule has 0 aromatic heterocycles. The highest BCUT2D eigenvalue weighted by atomic mass is 31.2. The van der Waals surface area contributed by atoms with Gasteiger partial charge in [-0.25, -0.2) is 9.13 Å². The van der Waals surface area contributed by atoms with Crippen molar-refractivity contribution in [2.75, 3.05) is 39.6 Å². The summed E-state index contributed by atoms with van der Waals surface area (Å²) in [6, 6.07) is 0. The summed E-state index contributed by atoms with van der Waals surface area (Å²) in [5, 5.41) is 20.7. The second-order valence-electron chi connectivity index (χ2n) is 28.6. The topological polar surface area (TPSA) is 231 Å². The minimum atomic E-state index is -4.94. The molecule has 626 valence electrons. The van der Waals surface area contributed by atoms with Crippen LogP contribution >= 0.6 is 15.6 Å². The molecule has 109 heavy (non-hydrogen) atoms. The van der Waals surface area contributed by atoms with E-state index in [0.717, 1.165) is 154 Å². The molecular weight excluding hydrogens is 1410 g/mol. The van der Waals surface area contributed by atoms with E-state index in [0.29, 0.717) is 19.3 Å². The number of hydrogen-bond donors (Lipinski definition) is 4. The zero-order chi connectivity index (χ0) is 79.4. The van der Waals surface area contributed by atoms with Crippen LogP contribution < -0.4 is 0 Å². The van der Waals surface area contributed by atoms with Crippen molar-refractivity contribution in [3.8, 4) is 0 Å². The number of phosphoric acid groups is 2. The number of carbonyl (C=O) groups excluding carboxylic acids is 3. The van der Waals surface area contributed by atoms with Crippen molar-refractivity contribution in [1.29, 1.82) is 0 Å². The first-order valence-corrected chi connectivity index (χ1v) is 46.1.